The lowest BCUT2D eigenvalue weighted by Crippen LogP contribution is -2.19. The van der Waals surface area contributed by atoms with E-state index in [2.05, 4.69) is 41.4 Å². The van der Waals surface area contributed by atoms with Crippen molar-refractivity contribution >= 4 is 6.01 Å². The fourth-order valence-corrected chi connectivity index (χ4v) is 1.58. The summed E-state index contributed by atoms with van der Waals surface area (Å²) in [6.45, 7) is 6.12. The van der Waals surface area contributed by atoms with E-state index in [4.69, 9.17) is 10.2 Å². The number of hydrogen-bond donors (Lipinski definition) is 1. The molecule has 2 aromatic rings. The molecule has 0 aliphatic carbocycles. The van der Waals surface area contributed by atoms with Crippen LogP contribution in [0.4, 0.5) is 6.01 Å². The minimum atomic E-state index is -0.321. The summed E-state index contributed by atoms with van der Waals surface area (Å²) in [5.41, 5.74) is 7.47. The van der Waals surface area contributed by atoms with Crippen LogP contribution >= 0.6 is 0 Å². The van der Waals surface area contributed by atoms with Gasteiger partial charge in [0.05, 0.1) is 5.41 Å². The van der Waals surface area contributed by atoms with Gasteiger partial charge in [-0.2, -0.15) is 0 Å². The molecule has 0 aliphatic rings. The molecule has 1 aromatic carbocycles. The topological polar surface area (TPSA) is 64.9 Å². The summed E-state index contributed by atoms with van der Waals surface area (Å²) in [6.07, 6.45) is 0. The molecule has 0 bridgehead atoms. The quantitative estimate of drug-likeness (QED) is 0.838. The highest BCUT2D eigenvalue weighted by Gasteiger charge is 2.29. The van der Waals surface area contributed by atoms with Crippen molar-refractivity contribution in [1.29, 1.82) is 0 Å². The third-order valence-corrected chi connectivity index (χ3v) is 2.75. The number of aromatic nitrogens is 2. The average molecular weight is 217 g/mol. The molecular weight excluding hydrogens is 202 g/mol. The Labute approximate surface area is 94.5 Å². The molecule has 0 saturated carbocycles. The second-order valence-electron chi connectivity index (χ2n) is 4.44. The van der Waals surface area contributed by atoms with E-state index in [0.717, 1.165) is 5.56 Å². The van der Waals surface area contributed by atoms with Crippen LogP contribution in [0.5, 0.6) is 0 Å². The highest BCUT2D eigenvalue weighted by Crippen LogP contribution is 2.30. The first-order chi connectivity index (χ1) is 7.50. The maximum absolute atomic E-state index is 5.44. The van der Waals surface area contributed by atoms with Gasteiger partial charge in [-0.3, -0.25) is 0 Å². The predicted molar refractivity (Wildman–Crippen MR) is 62.0 cm³/mol. The average Bonchev–Trinajstić information content (AvgIpc) is 2.66. The Morgan fingerprint density at radius 3 is 2.25 bits per heavy atom. The van der Waals surface area contributed by atoms with E-state index in [-0.39, 0.29) is 11.4 Å². The van der Waals surface area contributed by atoms with Crippen LogP contribution in [-0.2, 0) is 5.41 Å². The van der Waals surface area contributed by atoms with Crippen molar-refractivity contribution in [2.24, 2.45) is 0 Å². The molecule has 2 N–H and O–H groups in total. The fourth-order valence-electron chi connectivity index (χ4n) is 1.58. The van der Waals surface area contributed by atoms with Crippen molar-refractivity contribution in [3.63, 3.8) is 0 Å². The number of hydrogen-bond acceptors (Lipinski definition) is 4. The Kier molecular flexibility index (Phi) is 2.42. The van der Waals surface area contributed by atoms with Gasteiger partial charge in [0.2, 0.25) is 5.89 Å². The molecule has 0 aliphatic heterocycles. The van der Waals surface area contributed by atoms with E-state index in [1.54, 1.807) is 0 Å². The number of rotatable bonds is 2. The van der Waals surface area contributed by atoms with Crippen molar-refractivity contribution < 1.29 is 4.42 Å². The molecule has 0 spiro atoms. The Hall–Kier alpha value is -1.84. The van der Waals surface area contributed by atoms with Gasteiger partial charge in [0, 0.05) is 0 Å². The number of nitrogens with zero attached hydrogens (tertiary/aromatic N) is 2. The van der Waals surface area contributed by atoms with Crippen LogP contribution < -0.4 is 5.73 Å². The van der Waals surface area contributed by atoms with Gasteiger partial charge in [-0.25, -0.2) is 0 Å². The fraction of sp³-hybridized carbons (Fsp3) is 0.333. The Balaban J connectivity index is 2.42. The van der Waals surface area contributed by atoms with Crippen molar-refractivity contribution in [3.8, 4) is 0 Å². The van der Waals surface area contributed by atoms with Gasteiger partial charge in [-0.1, -0.05) is 34.9 Å². The van der Waals surface area contributed by atoms with Crippen LogP contribution in [0.15, 0.2) is 28.7 Å². The van der Waals surface area contributed by atoms with Crippen molar-refractivity contribution in [2.45, 2.75) is 26.2 Å². The van der Waals surface area contributed by atoms with Crippen molar-refractivity contribution in [3.05, 3.63) is 41.3 Å². The molecule has 0 amide bonds. The summed E-state index contributed by atoms with van der Waals surface area (Å²) in [4.78, 5) is 0. The van der Waals surface area contributed by atoms with E-state index in [1.807, 2.05) is 13.8 Å². The molecule has 16 heavy (non-hydrogen) atoms. The highest BCUT2D eigenvalue weighted by molar-refractivity contribution is 5.32. The third-order valence-electron chi connectivity index (χ3n) is 2.75. The first kappa shape index (κ1) is 10.7. The SMILES string of the molecule is Cc1ccc(C(C)(C)c2nnc(N)o2)cc1. The third kappa shape index (κ3) is 1.78. The molecule has 4 nitrogen and oxygen atoms in total. The number of benzene rings is 1. The molecule has 1 aromatic heterocycles. The maximum Gasteiger partial charge on any atom is 0.312 e. The summed E-state index contributed by atoms with van der Waals surface area (Å²) >= 11 is 0. The normalized spacial score (nSPS) is 11.7. The van der Waals surface area contributed by atoms with E-state index < -0.39 is 0 Å². The van der Waals surface area contributed by atoms with Gasteiger partial charge < -0.3 is 10.2 Å². The first-order valence-electron chi connectivity index (χ1n) is 5.17. The number of aryl methyl sites for hydroxylation is 1. The smallest absolute Gasteiger partial charge is 0.312 e. The van der Waals surface area contributed by atoms with Crippen molar-refractivity contribution in [2.75, 3.05) is 5.73 Å². The molecule has 0 atom stereocenters. The van der Waals surface area contributed by atoms with Crippen LogP contribution in [0, 0.1) is 6.92 Å². The predicted octanol–water partition coefficient (Wildman–Crippen LogP) is 2.29. The Bertz CT molecular complexity index is 485. The number of anilines is 1. The zero-order valence-corrected chi connectivity index (χ0v) is 9.69. The molecule has 0 saturated heterocycles. The zero-order chi connectivity index (χ0) is 11.8. The van der Waals surface area contributed by atoms with E-state index in [1.165, 1.54) is 5.56 Å². The molecule has 0 radical (unpaired) electrons. The molecular formula is C12H15N3O. The van der Waals surface area contributed by atoms with E-state index in [9.17, 15) is 0 Å². The highest BCUT2D eigenvalue weighted by atomic mass is 16.4. The largest absolute Gasteiger partial charge is 0.407 e. The van der Waals surface area contributed by atoms with Crippen molar-refractivity contribution in [1.82, 2.24) is 10.2 Å². The lowest BCUT2D eigenvalue weighted by Gasteiger charge is -2.20. The van der Waals surface area contributed by atoms with Crippen LogP contribution in [0.3, 0.4) is 0 Å². The van der Waals surface area contributed by atoms with E-state index in [0.29, 0.717) is 5.89 Å². The summed E-state index contributed by atoms with van der Waals surface area (Å²) < 4.78 is 5.29. The zero-order valence-electron chi connectivity index (χ0n) is 9.69. The summed E-state index contributed by atoms with van der Waals surface area (Å²) in [5, 5.41) is 7.63. The van der Waals surface area contributed by atoms with Gasteiger partial charge in [0.25, 0.3) is 0 Å². The van der Waals surface area contributed by atoms with Gasteiger partial charge in [0.15, 0.2) is 0 Å². The van der Waals surface area contributed by atoms with Crippen LogP contribution in [0.1, 0.15) is 30.9 Å². The minimum absolute atomic E-state index is 0.107. The second-order valence-corrected chi connectivity index (χ2v) is 4.44. The van der Waals surface area contributed by atoms with Gasteiger partial charge in [-0.05, 0) is 26.3 Å². The summed E-state index contributed by atoms with van der Waals surface area (Å²) in [6, 6.07) is 8.37. The van der Waals surface area contributed by atoms with E-state index >= 15 is 0 Å². The molecule has 84 valence electrons. The molecule has 0 fully saturated rings. The van der Waals surface area contributed by atoms with Crippen LogP contribution in [-0.4, -0.2) is 10.2 Å². The monoisotopic (exact) mass is 217 g/mol. The van der Waals surface area contributed by atoms with Crippen LogP contribution in [0.25, 0.3) is 0 Å². The minimum Gasteiger partial charge on any atom is -0.407 e. The number of nitrogen functional groups attached to an aromatic ring is 1. The standard InChI is InChI=1S/C12H15N3O/c1-8-4-6-9(7-5-8)12(2,3)10-14-15-11(13)16-10/h4-7H,1-3H3,(H2,13,15). The Morgan fingerprint density at radius 2 is 1.75 bits per heavy atom. The molecule has 4 heteroatoms. The lowest BCUT2D eigenvalue weighted by molar-refractivity contribution is 0.422. The van der Waals surface area contributed by atoms with Gasteiger partial charge in [0.1, 0.15) is 0 Å². The summed E-state index contributed by atoms with van der Waals surface area (Å²) in [5.74, 6) is 0.536. The lowest BCUT2D eigenvalue weighted by atomic mass is 9.84. The van der Waals surface area contributed by atoms with Gasteiger partial charge in [-0.15, -0.1) is 5.10 Å². The van der Waals surface area contributed by atoms with Gasteiger partial charge >= 0.3 is 6.01 Å². The first-order valence-corrected chi connectivity index (χ1v) is 5.17. The molecule has 0 unspecified atom stereocenters. The van der Waals surface area contributed by atoms with Crippen LogP contribution in [0.2, 0.25) is 0 Å². The number of nitrogens with two attached hydrogens (primary N) is 1. The summed E-state index contributed by atoms with van der Waals surface area (Å²) in [7, 11) is 0. The second kappa shape index (κ2) is 3.63. The maximum atomic E-state index is 5.44. The molecule has 1 heterocycles. The Morgan fingerprint density at radius 1 is 1.12 bits per heavy atom. The molecule has 2 rings (SSSR count).